The second kappa shape index (κ2) is 5.43. The first-order valence-electron chi connectivity index (χ1n) is 9.96. The molecule has 0 radical (unpaired) electrons. The van der Waals surface area contributed by atoms with E-state index in [1.165, 1.54) is 0 Å². The van der Waals surface area contributed by atoms with Gasteiger partial charge in [-0.3, -0.25) is 4.79 Å². The third-order valence-electron chi connectivity index (χ3n) is 9.22. The first kappa shape index (κ1) is 17.7. The van der Waals surface area contributed by atoms with Crippen molar-refractivity contribution in [3.05, 3.63) is 0 Å². The lowest BCUT2D eigenvalue weighted by Crippen LogP contribution is -2.67. The monoisotopic (exact) mass is 352 g/mol. The van der Waals surface area contributed by atoms with Gasteiger partial charge in [-0.15, -0.1) is 0 Å². The van der Waals surface area contributed by atoms with Crippen molar-refractivity contribution in [1.82, 2.24) is 0 Å². The second-order valence-electron chi connectivity index (χ2n) is 9.81. The summed E-state index contributed by atoms with van der Waals surface area (Å²) < 4.78 is 0. The van der Waals surface area contributed by atoms with E-state index >= 15 is 0 Å². The van der Waals surface area contributed by atoms with Crippen LogP contribution in [0.5, 0.6) is 0 Å². The number of aliphatic hydroxyl groups excluding tert-OH is 2. The first-order valence-corrected chi connectivity index (χ1v) is 9.96. The van der Waals surface area contributed by atoms with Crippen molar-refractivity contribution in [3.8, 4) is 0 Å². The molecule has 0 unspecified atom stereocenters. The van der Waals surface area contributed by atoms with Crippen LogP contribution < -0.4 is 0 Å². The van der Waals surface area contributed by atoms with Crippen LogP contribution in [0.3, 0.4) is 0 Å². The van der Waals surface area contributed by atoms with Crippen LogP contribution in [0.2, 0.25) is 0 Å². The van der Waals surface area contributed by atoms with E-state index < -0.39 is 29.0 Å². The van der Waals surface area contributed by atoms with E-state index in [-0.39, 0.29) is 23.4 Å². The van der Waals surface area contributed by atoms with E-state index in [2.05, 4.69) is 6.92 Å². The summed E-state index contributed by atoms with van der Waals surface area (Å²) in [6.07, 6.45) is 4.90. The molecule has 0 spiro atoms. The summed E-state index contributed by atoms with van der Waals surface area (Å²) in [5.41, 5.74) is -2.03. The Kier molecular flexibility index (Phi) is 3.85. The zero-order valence-electron chi connectivity index (χ0n) is 15.3. The molecule has 4 N–H and O–H groups in total. The smallest absolute Gasteiger partial charge is 0.307 e. The number of hydrogen-bond acceptors (Lipinski definition) is 4. The first-order chi connectivity index (χ1) is 11.6. The van der Waals surface area contributed by atoms with Crippen molar-refractivity contribution in [2.24, 2.45) is 34.5 Å². The van der Waals surface area contributed by atoms with Gasteiger partial charge < -0.3 is 20.4 Å². The molecular formula is C20H32O5. The SMILES string of the molecule is C[C@]12CC[C@H](O)C[C@H]1CC[C@@H]1[C@@H]2C[C@@H](O)[C@]2(C)[C@@H](C(=O)O)CC[C@]12O. The van der Waals surface area contributed by atoms with Gasteiger partial charge >= 0.3 is 5.97 Å². The summed E-state index contributed by atoms with van der Waals surface area (Å²) in [5.74, 6) is -0.862. The minimum absolute atomic E-state index is 0.0293. The Morgan fingerprint density at radius 1 is 0.960 bits per heavy atom. The van der Waals surface area contributed by atoms with Gasteiger partial charge in [0.05, 0.1) is 23.7 Å². The van der Waals surface area contributed by atoms with Crippen LogP contribution in [-0.4, -0.2) is 44.2 Å². The average Bonchev–Trinajstić information content (AvgIpc) is 2.83. The maximum absolute atomic E-state index is 11.8. The molecule has 5 heteroatoms. The molecule has 4 fully saturated rings. The van der Waals surface area contributed by atoms with Crippen LogP contribution in [0, 0.1) is 34.5 Å². The highest BCUT2D eigenvalue weighted by molar-refractivity contribution is 5.72. The van der Waals surface area contributed by atoms with Gasteiger partial charge in [-0.2, -0.15) is 0 Å². The lowest BCUT2D eigenvalue weighted by Gasteiger charge is -2.64. The third kappa shape index (κ3) is 2.09. The third-order valence-corrected chi connectivity index (χ3v) is 9.22. The molecule has 4 saturated carbocycles. The molecule has 0 heterocycles. The molecule has 0 aromatic rings. The molecule has 4 aliphatic carbocycles. The van der Waals surface area contributed by atoms with Gasteiger partial charge in [0.15, 0.2) is 0 Å². The van der Waals surface area contributed by atoms with Crippen molar-refractivity contribution in [2.45, 2.75) is 83.0 Å². The molecule has 4 rings (SSSR count). The lowest BCUT2D eigenvalue weighted by molar-refractivity contribution is -0.248. The summed E-state index contributed by atoms with van der Waals surface area (Å²) in [4.78, 5) is 11.8. The number of aliphatic hydroxyl groups is 3. The summed E-state index contributed by atoms with van der Waals surface area (Å²) in [7, 11) is 0. The van der Waals surface area contributed by atoms with E-state index in [0.29, 0.717) is 25.2 Å². The molecule has 4 aliphatic rings. The van der Waals surface area contributed by atoms with Crippen molar-refractivity contribution in [2.75, 3.05) is 0 Å². The fraction of sp³-hybridized carbons (Fsp3) is 0.950. The van der Waals surface area contributed by atoms with Crippen molar-refractivity contribution < 1.29 is 25.2 Å². The predicted octanol–water partition coefficient (Wildman–Crippen LogP) is 2.18. The fourth-order valence-corrected chi connectivity index (χ4v) is 7.59. The lowest BCUT2D eigenvalue weighted by atomic mass is 9.42. The molecular weight excluding hydrogens is 320 g/mol. The van der Waals surface area contributed by atoms with Crippen LogP contribution >= 0.6 is 0 Å². The standard InChI is InChI=1S/C20H32O5/c1-18-7-5-12(21)9-11(18)3-4-13-15(18)10-16(22)19(2)14(17(23)24)6-8-20(13,19)25/h11-16,21-22,25H,3-10H2,1-2H3,(H,23,24)/t11-,12+,13-,14-,15+,16-,18+,19+,20+/m1/s1. The largest absolute Gasteiger partial charge is 0.481 e. The number of fused-ring (bicyclic) bond motifs is 5. The van der Waals surface area contributed by atoms with Gasteiger partial charge in [0.1, 0.15) is 0 Å². The zero-order chi connectivity index (χ0) is 18.2. The van der Waals surface area contributed by atoms with E-state index in [0.717, 1.165) is 32.1 Å². The quantitative estimate of drug-likeness (QED) is 0.580. The van der Waals surface area contributed by atoms with E-state index in [1.807, 2.05) is 0 Å². The highest BCUT2D eigenvalue weighted by atomic mass is 16.4. The Morgan fingerprint density at radius 3 is 2.36 bits per heavy atom. The van der Waals surface area contributed by atoms with Crippen molar-refractivity contribution >= 4 is 5.97 Å². The Hall–Kier alpha value is -0.650. The molecule has 0 aromatic heterocycles. The van der Waals surface area contributed by atoms with Crippen LogP contribution in [-0.2, 0) is 4.79 Å². The maximum Gasteiger partial charge on any atom is 0.307 e. The number of aliphatic carboxylic acids is 1. The number of rotatable bonds is 1. The Balaban J connectivity index is 1.73. The predicted molar refractivity (Wildman–Crippen MR) is 91.7 cm³/mol. The molecule has 9 atom stereocenters. The minimum Gasteiger partial charge on any atom is -0.481 e. The fourth-order valence-electron chi connectivity index (χ4n) is 7.59. The molecule has 0 bridgehead atoms. The number of carbonyl (C=O) groups is 1. The van der Waals surface area contributed by atoms with E-state index in [9.17, 15) is 25.2 Å². The van der Waals surface area contributed by atoms with Gasteiger partial charge in [-0.25, -0.2) is 0 Å². The molecule has 142 valence electrons. The van der Waals surface area contributed by atoms with Gasteiger partial charge in [-0.1, -0.05) is 13.8 Å². The van der Waals surface area contributed by atoms with E-state index in [4.69, 9.17) is 0 Å². The van der Waals surface area contributed by atoms with Gasteiger partial charge in [-0.05, 0) is 74.5 Å². The van der Waals surface area contributed by atoms with Gasteiger partial charge in [0.25, 0.3) is 0 Å². The Bertz CT molecular complexity index is 578. The molecule has 0 aliphatic heterocycles. The summed E-state index contributed by atoms with van der Waals surface area (Å²) in [5, 5.41) is 42.5. The molecule has 0 saturated heterocycles. The minimum atomic E-state index is -1.09. The van der Waals surface area contributed by atoms with Crippen LogP contribution in [0.1, 0.15) is 65.2 Å². The molecule has 0 amide bonds. The maximum atomic E-state index is 11.8. The summed E-state index contributed by atoms with van der Waals surface area (Å²) >= 11 is 0. The van der Waals surface area contributed by atoms with E-state index in [1.54, 1.807) is 6.92 Å². The van der Waals surface area contributed by atoms with Crippen LogP contribution in [0.4, 0.5) is 0 Å². The van der Waals surface area contributed by atoms with Crippen molar-refractivity contribution in [1.29, 1.82) is 0 Å². The van der Waals surface area contributed by atoms with Crippen molar-refractivity contribution in [3.63, 3.8) is 0 Å². The normalized spacial score (nSPS) is 58.1. The second-order valence-corrected chi connectivity index (χ2v) is 9.81. The number of carboxylic acids is 1. The highest BCUT2D eigenvalue weighted by Crippen LogP contribution is 2.68. The molecule has 25 heavy (non-hydrogen) atoms. The molecule has 5 nitrogen and oxygen atoms in total. The Morgan fingerprint density at radius 2 is 1.68 bits per heavy atom. The average molecular weight is 352 g/mol. The Labute approximate surface area is 149 Å². The zero-order valence-corrected chi connectivity index (χ0v) is 15.3. The highest BCUT2D eigenvalue weighted by Gasteiger charge is 2.71. The summed E-state index contributed by atoms with van der Waals surface area (Å²) in [6.45, 7) is 4.08. The van der Waals surface area contributed by atoms with Gasteiger partial charge in [0.2, 0.25) is 0 Å². The van der Waals surface area contributed by atoms with Gasteiger partial charge in [0, 0.05) is 5.41 Å². The van der Waals surface area contributed by atoms with Crippen LogP contribution in [0.15, 0.2) is 0 Å². The topological polar surface area (TPSA) is 98.0 Å². The van der Waals surface area contributed by atoms with Crippen LogP contribution in [0.25, 0.3) is 0 Å². The number of hydrogen-bond donors (Lipinski definition) is 4. The number of carboxylic acid groups (broad SMARTS) is 1. The summed E-state index contributed by atoms with van der Waals surface area (Å²) in [6, 6.07) is 0. The molecule has 0 aromatic carbocycles.